The first-order valence-corrected chi connectivity index (χ1v) is 7.60. The van der Waals surface area contributed by atoms with Crippen molar-refractivity contribution in [3.8, 4) is 0 Å². The minimum atomic E-state index is 0.677. The summed E-state index contributed by atoms with van der Waals surface area (Å²) in [4.78, 5) is 4.37. The van der Waals surface area contributed by atoms with Crippen molar-refractivity contribution < 1.29 is 0 Å². The van der Waals surface area contributed by atoms with Gasteiger partial charge in [-0.2, -0.15) is 0 Å². The maximum atomic E-state index is 4.37. The Balaban J connectivity index is 1.69. The molecule has 3 heteroatoms. The number of benzene rings is 1. The third-order valence-corrected chi connectivity index (χ3v) is 4.39. The Hall–Kier alpha value is -1.61. The number of imidazole rings is 1. The molecule has 106 valence electrons. The highest BCUT2D eigenvalue weighted by atomic mass is 15.0. The first-order valence-electron chi connectivity index (χ1n) is 7.60. The fourth-order valence-electron chi connectivity index (χ4n) is 3.11. The maximum absolute atomic E-state index is 4.37. The van der Waals surface area contributed by atoms with Gasteiger partial charge in [0.05, 0.1) is 6.33 Å². The molecular formula is C17H23N3. The monoisotopic (exact) mass is 269 g/mol. The third kappa shape index (κ3) is 2.93. The number of rotatable bonds is 4. The summed E-state index contributed by atoms with van der Waals surface area (Å²) in [5, 5.41) is 3.43. The van der Waals surface area contributed by atoms with Crippen LogP contribution in [0.4, 0.5) is 0 Å². The first kappa shape index (κ1) is 13.4. The van der Waals surface area contributed by atoms with E-state index in [-0.39, 0.29) is 0 Å². The van der Waals surface area contributed by atoms with Crippen LogP contribution in [0.2, 0.25) is 0 Å². The lowest BCUT2D eigenvalue weighted by atomic mass is 9.95. The van der Waals surface area contributed by atoms with E-state index in [9.17, 15) is 0 Å². The molecule has 3 nitrogen and oxygen atoms in total. The molecule has 0 unspecified atom stereocenters. The molecule has 0 spiro atoms. The van der Waals surface area contributed by atoms with Crippen molar-refractivity contribution in [3.05, 3.63) is 53.6 Å². The molecule has 20 heavy (non-hydrogen) atoms. The third-order valence-electron chi connectivity index (χ3n) is 4.39. The van der Waals surface area contributed by atoms with Crippen LogP contribution in [0.3, 0.4) is 0 Å². The summed E-state index contributed by atoms with van der Waals surface area (Å²) in [6, 6.07) is 8.66. The molecule has 1 aliphatic rings. The van der Waals surface area contributed by atoms with E-state index >= 15 is 0 Å². The van der Waals surface area contributed by atoms with Crippen LogP contribution in [-0.2, 0) is 13.0 Å². The molecule has 2 heterocycles. The van der Waals surface area contributed by atoms with E-state index in [0.717, 1.165) is 26.1 Å². The van der Waals surface area contributed by atoms with Crippen molar-refractivity contribution >= 4 is 0 Å². The smallest absolute Gasteiger partial charge is 0.0948 e. The lowest BCUT2D eigenvalue weighted by Gasteiger charge is -2.23. The minimum absolute atomic E-state index is 0.677. The van der Waals surface area contributed by atoms with E-state index in [0.29, 0.717) is 5.92 Å². The number of hydrogen-bond donors (Lipinski definition) is 1. The summed E-state index contributed by atoms with van der Waals surface area (Å²) < 4.78 is 2.35. The highest BCUT2D eigenvalue weighted by molar-refractivity contribution is 5.25. The molecule has 0 amide bonds. The molecule has 1 saturated heterocycles. The quantitative estimate of drug-likeness (QED) is 0.925. The van der Waals surface area contributed by atoms with Crippen molar-refractivity contribution in [1.82, 2.24) is 14.9 Å². The predicted molar refractivity (Wildman–Crippen MR) is 82.0 cm³/mol. The highest BCUT2D eigenvalue weighted by Crippen LogP contribution is 2.25. The largest absolute Gasteiger partial charge is 0.334 e. The van der Waals surface area contributed by atoms with Crippen LogP contribution in [0.5, 0.6) is 0 Å². The van der Waals surface area contributed by atoms with Gasteiger partial charge in [-0.1, -0.05) is 24.3 Å². The molecule has 1 fully saturated rings. The van der Waals surface area contributed by atoms with Gasteiger partial charge in [-0.3, -0.25) is 0 Å². The molecule has 0 saturated carbocycles. The van der Waals surface area contributed by atoms with Crippen molar-refractivity contribution in [2.24, 2.45) is 0 Å². The number of piperidine rings is 1. The van der Waals surface area contributed by atoms with Gasteiger partial charge in [0.25, 0.3) is 0 Å². The van der Waals surface area contributed by atoms with Crippen molar-refractivity contribution in [2.75, 3.05) is 13.1 Å². The molecule has 1 N–H and O–H groups in total. The molecule has 0 bridgehead atoms. The van der Waals surface area contributed by atoms with Crippen LogP contribution < -0.4 is 5.32 Å². The van der Waals surface area contributed by atoms with Gasteiger partial charge in [0.2, 0.25) is 0 Å². The zero-order chi connectivity index (χ0) is 13.8. The van der Waals surface area contributed by atoms with Crippen molar-refractivity contribution in [1.29, 1.82) is 0 Å². The van der Waals surface area contributed by atoms with Gasteiger partial charge in [-0.05, 0) is 50.4 Å². The van der Waals surface area contributed by atoms with Crippen LogP contribution in [0.15, 0.2) is 36.8 Å². The standard InChI is InChI=1S/C17H23N3/c1-14-4-2-3-5-15(14)8-11-20-13-19-12-17(20)16-6-9-18-10-7-16/h2-5,12-13,16,18H,6-11H2,1H3. The lowest BCUT2D eigenvalue weighted by Crippen LogP contribution is -2.27. The predicted octanol–water partition coefficient (Wildman–Crippen LogP) is 2.90. The second-order valence-corrected chi connectivity index (χ2v) is 5.71. The average Bonchev–Trinajstić information content (AvgIpc) is 2.96. The van der Waals surface area contributed by atoms with Gasteiger partial charge in [-0.15, -0.1) is 0 Å². The van der Waals surface area contributed by atoms with Gasteiger partial charge in [0, 0.05) is 24.4 Å². The topological polar surface area (TPSA) is 29.9 Å². The Morgan fingerprint density at radius 1 is 1.25 bits per heavy atom. The molecule has 3 rings (SSSR count). The number of hydrogen-bond acceptors (Lipinski definition) is 2. The SMILES string of the molecule is Cc1ccccc1CCn1cncc1C1CCNCC1. The van der Waals surface area contributed by atoms with Crippen molar-refractivity contribution in [2.45, 2.75) is 38.6 Å². The summed E-state index contributed by atoms with van der Waals surface area (Å²) in [6.07, 6.45) is 7.61. The Morgan fingerprint density at radius 2 is 2.05 bits per heavy atom. The Kier molecular flexibility index (Phi) is 4.16. The highest BCUT2D eigenvalue weighted by Gasteiger charge is 2.18. The van der Waals surface area contributed by atoms with Gasteiger partial charge in [-0.25, -0.2) is 4.98 Å². The van der Waals surface area contributed by atoms with E-state index in [1.807, 2.05) is 6.33 Å². The molecule has 1 aliphatic heterocycles. The summed E-state index contributed by atoms with van der Waals surface area (Å²) in [6.45, 7) is 5.49. The van der Waals surface area contributed by atoms with Crippen molar-refractivity contribution in [3.63, 3.8) is 0 Å². The summed E-state index contributed by atoms with van der Waals surface area (Å²) in [5.74, 6) is 0.677. The Labute approximate surface area is 121 Å². The van der Waals surface area contributed by atoms with Crippen LogP contribution >= 0.6 is 0 Å². The Bertz CT molecular complexity index is 553. The maximum Gasteiger partial charge on any atom is 0.0948 e. The van der Waals surface area contributed by atoms with Gasteiger partial charge in [0.1, 0.15) is 0 Å². The molecule has 1 aromatic heterocycles. The molecule has 0 aliphatic carbocycles. The second-order valence-electron chi connectivity index (χ2n) is 5.71. The molecular weight excluding hydrogens is 246 g/mol. The van der Waals surface area contributed by atoms with E-state index < -0.39 is 0 Å². The van der Waals surface area contributed by atoms with E-state index in [4.69, 9.17) is 0 Å². The Morgan fingerprint density at radius 3 is 2.85 bits per heavy atom. The van der Waals surface area contributed by atoms with Crippen LogP contribution in [-0.4, -0.2) is 22.6 Å². The summed E-state index contributed by atoms with van der Waals surface area (Å²) in [7, 11) is 0. The number of nitrogens with one attached hydrogen (secondary N) is 1. The van der Waals surface area contributed by atoms with Crippen LogP contribution in [0.1, 0.15) is 35.6 Å². The minimum Gasteiger partial charge on any atom is -0.334 e. The number of aromatic nitrogens is 2. The molecule has 0 atom stereocenters. The first-order chi connectivity index (χ1) is 9.84. The van der Waals surface area contributed by atoms with Crippen LogP contribution in [0.25, 0.3) is 0 Å². The fraction of sp³-hybridized carbons (Fsp3) is 0.471. The van der Waals surface area contributed by atoms with Gasteiger partial charge in [0.15, 0.2) is 0 Å². The van der Waals surface area contributed by atoms with Gasteiger partial charge >= 0.3 is 0 Å². The summed E-state index contributed by atoms with van der Waals surface area (Å²) in [5.41, 5.74) is 4.24. The zero-order valence-corrected chi connectivity index (χ0v) is 12.2. The molecule has 1 aromatic carbocycles. The number of aryl methyl sites for hydroxylation is 3. The second kappa shape index (κ2) is 6.23. The van der Waals surface area contributed by atoms with Gasteiger partial charge < -0.3 is 9.88 Å². The van der Waals surface area contributed by atoms with E-state index in [1.165, 1.54) is 29.7 Å². The zero-order valence-electron chi connectivity index (χ0n) is 12.2. The summed E-state index contributed by atoms with van der Waals surface area (Å²) >= 11 is 0. The molecule has 2 aromatic rings. The average molecular weight is 269 g/mol. The fourth-order valence-corrected chi connectivity index (χ4v) is 3.11. The van der Waals surface area contributed by atoms with E-state index in [1.54, 1.807) is 0 Å². The molecule has 0 radical (unpaired) electrons. The number of nitrogens with zero attached hydrogens (tertiary/aromatic N) is 2. The van der Waals surface area contributed by atoms with E-state index in [2.05, 4.69) is 52.3 Å². The lowest BCUT2D eigenvalue weighted by molar-refractivity contribution is 0.438. The van der Waals surface area contributed by atoms with Crippen LogP contribution in [0, 0.1) is 6.92 Å². The normalized spacial score (nSPS) is 16.4.